The number of hydrogen-bond acceptors (Lipinski definition) is 2. The summed E-state index contributed by atoms with van der Waals surface area (Å²) in [7, 11) is 0. The molecule has 0 heterocycles. The van der Waals surface area contributed by atoms with Crippen LogP contribution in [0, 0.1) is 0 Å². The van der Waals surface area contributed by atoms with Crippen molar-refractivity contribution in [2.24, 2.45) is 0 Å². The smallest absolute Gasteiger partial charge is 0.0781 e. The summed E-state index contributed by atoms with van der Waals surface area (Å²) >= 11 is 0. The highest BCUT2D eigenvalue weighted by molar-refractivity contribution is 5.53. The molecular weight excluding hydrogens is 258 g/mol. The third-order valence-corrected chi connectivity index (χ3v) is 3.89. The average molecular weight is 283 g/mol. The predicted octanol–water partition coefficient (Wildman–Crippen LogP) is 5.04. The lowest BCUT2D eigenvalue weighted by Gasteiger charge is -2.20. The quantitative estimate of drug-likeness (QED) is 0.806. The van der Waals surface area contributed by atoms with Gasteiger partial charge < -0.3 is 10.4 Å². The van der Waals surface area contributed by atoms with Gasteiger partial charge in [0.05, 0.1) is 6.10 Å². The molecule has 0 radical (unpaired) electrons. The minimum atomic E-state index is -0.468. The Kier molecular flexibility index (Phi) is 5.03. The normalized spacial score (nSPS) is 14.0. The van der Waals surface area contributed by atoms with Gasteiger partial charge in [-0.2, -0.15) is 0 Å². The van der Waals surface area contributed by atoms with E-state index in [1.54, 1.807) is 6.92 Å². The molecule has 2 aromatic carbocycles. The van der Waals surface area contributed by atoms with Gasteiger partial charge >= 0.3 is 0 Å². The molecule has 2 aromatic rings. The lowest BCUT2D eigenvalue weighted by molar-refractivity contribution is 0.200. The monoisotopic (exact) mass is 283 g/mol. The first kappa shape index (κ1) is 15.6. The van der Waals surface area contributed by atoms with Crippen molar-refractivity contribution in [3.05, 3.63) is 65.2 Å². The molecule has 0 aliphatic carbocycles. The second kappa shape index (κ2) is 6.77. The second-order valence-electron chi connectivity index (χ2n) is 5.95. The molecule has 112 valence electrons. The Labute approximate surface area is 127 Å². The zero-order valence-electron chi connectivity index (χ0n) is 13.3. The maximum atomic E-state index is 9.85. The standard InChI is InChI=1S/C19H25NO/c1-13(2)16-9-11-17(12-10-16)14(3)20-19-8-6-5-7-18(19)15(4)21/h5-15,20-21H,1-4H3. The van der Waals surface area contributed by atoms with E-state index in [2.05, 4.69) is 50.4 Å². The van der Waals surface area contributed by atoms with E-state index in [4.69, 9.17) is 0 Å². The van der Waals surface area contributed by atoms with Gasteiger partial charge in [0.15, 0.2) is 0 Å². The fourth-order valence-electron chi connectivity index (χ4n) is 2.48. The largest absolute Gasteiger partial charge is 0.389 e. The molecule has 0 spiro atoms. The molecule has 0 aliphatic heterocycles. The molecule has 2 nitrogen and oxygen atoms in total. The molecule has 0 aromatic heterocycles. The number of nitrogens with one attached hydrogen (secondary N) is 1. The molecular formula is C19H25NO. The van der Waals surface area contributed by atoms with E-state index in [9.17, 15) is 5.11 Å². The van der Waals surface area contributed by atoms with Crippen LogP contribution < -0.4 is 5.32 Å². The summed E-state index contributed by atoms with van der Waals surface area (Å²) < 4.78 is 0. The molecule has 0 amide bonds. The van der Waals surface area contributed by atoms with E-state index in [0.29, 0.717) is 5.92 Å². The van der Waals surface area contributed by atoms with Crippen LogP contribution in [-0.2, 0) is 0 Å². The molecule has 0 saturated carbocycles. The van der Waals surface area contributed by atoms with E-state index in [1.165, 1.54) is 11.1 Å². The van der Waals surface area contributed by atoms with Gasteiger partial charge in [-0.3, -0.25) is 0 Å². The number of benzene rings is 2. The van der Waals surface area contributed by atoms with Crippen LogP contribution in [-0.4, -0.2) is 5.11 Å². The van der Waals surface area contributed by atoms with Crippen molar-refractivity contribution in [1.82, 2.24) is 0 Å². The van der Waals surface area contributed by atoms with Gasteiger partial charge in [0.2, 0.25) is 0 Å². The molecule has 2 N–H and O–H groups in total. The Morgan fingerprint density at radius 2 is 1.38 bits per heavy atom. The summed E-state index contributed by atoms with van der Waals surface area (Å²) in [5.41, 5.74) is 4.53. The maximum absolute atomic E-state index is 9.85. The van der Waals surface area contributed by atoms with Gasteiger partial charge in [0, 0.05) is 17.3 Å². The molecule has 2 heteroatoms. The number of aliphatic hydroxyl groups excluding tert-OH is 1. The highest BCUT2D eigenvalue weighted by atomic mass is 16.3. The summed E-state index contributed by atoms with van der Waals surface area (Å²) in [4.78, 5) is 0. The van der Waals surface area contributed by atoms with E-state index < -0.39 is 6.10 Å². The average Bonchev–Trinajstić information content (AvgIpc) is 2.47. The second-order valence-corrected chi connectivity index (χ2v) is 5.95. The van der Waals surface area contributed by atoms with Crippen LogP contribution >= 0.6 is 0 Å². The van der Waals surface area contributed by atoms with Gasteiger partial charge in [-0.1, -0.05) is 56.3 Å². The van der Waals surface area contributed by atoms with Crippen molar-refractivity contribution in [3.63, 3.8) is 0 Å². The Morgan fingerprint density at radius 3 is 1.95 bits per heavy atom. The predicted molar refractivity (Wildman–Crippen MR) is 89.6 cm³/mol. The summed E-state index contributed by atoms with van der Waals surface area (Å²) in [5.74, 6) is 0.554. The van der Waals surface area contributed by atoms with Crippen molar-refractivity contribution in [2.45, 2.75) is 45.8 Å². The minimum absolute atomic E-state index is 0.200. The molecule has 2 unspecified atom stereocenters. The first-order chi connectivity index (χ1) is 9.99. The van der Waals surface area contributed by atoms with Crippen LogP contribution in [0.1, 0.15) is 62.4 Å². The van der Waals surface area contributed by atoms with Gasteiger partial charge in [0.1, 0.15) is 0 Å². The summed E-state index contributed by atoms with van der Waals surface area (Å²) in [6.07, 6.45) is -0.468. The zero-order chi connectivity index (χ0) is 15.4. The van der Waals surface area contributed by atoms with E-state index in [0.717, 1.165) is 11.3 Å². The lowest BCUT2D eigenvalue weighted by Crippen LogP contribution is -2.09. The number of hydrogen-bond donors (Lipinski definition) is 2. The molecule has 21 heavy (non-hydrogen) atoms. The number of aliphatic hydroxyl groups is 1. The number of rotatable bonds is 5. The van der Waals surface area contributed by atoms with E-state index >= 15 is 0 Å². The molecule has 0 saturated heterocycles. The zero-order valence-corrected chi connectivity index (χ0v) is 13.3. The van der Waals surface area contributed by atoms with Crippen LogP contribution in [0.15, 0.2) is 48.5 Å². The van der Waals surface area contributed by atoms with Gasteiger partial charge in [-0.15, -0.1) is 0 Å². The Hall–Kier alpha value is -1.80. The number of para-hydroxylation sites is 1. The van der Waals surface area contributed by atoms with Crippen LogP contribution in [0.2, 0.25) is 0 Å². The molecule has 0 bridgehead atoms. The van der Waals surface area contributed by atoms with E-state index in [-0.39, 0.29) is 6.04 Å². The first-order valence-corrected chi connectivity index (χ1v) is 7.62. The van der Waals surface area contributed by atoms with Crippen molar-refractivity contribution >= 4 is 5.69 Å². The Balaban J connectivity index is 2.16. The van der Waals surface area contributed by atoms with Gasteiger partial charge in [0.25, 0.3) is 0 Å². The van der Waals surface area contributed by atoms with Crippen LogP contribution in [0.25, 0.3) is 0 Å². The summed E-state index contributed by atoms with van der Waals surface area (Å²) in [6.45, 7) is 8.34. The maximum Gasteiger partial charge on any atom is 0.0781 e. The van der Waals surface area contributed by atoms with Crippen molar-refractivity contribution in [2.75, 3.05) is 5.32 Å². The highest BCUT2D eigenvalue weighted by Gasteiger charge is 2.11. The number of anilines is 1. The molecule has 2 rings (SSSR count). The van der Waals surface area contributed by atoms with Gasteiger partial charge in [-0.05, 0) is 37.0 Å². The first-order valence-electron chi connectivity index (χ1n) is 7.62. The van der Waals surface area contributed by atoms with Crippen molar-refractivity contribution < 1.29 is 5.11 Å². The summed E-state index contributed by atoms with van der Waals surface area (Å²) in [5, 5.41) is 13.3. The van der Waals surface area contributed by atoms with Crippen molar-refractivity contribution in [1.29, 1.82) is 0 Å². The minimum Gasteiger partial charge on any atom is -0.389 e. The fourth-order valence-corrected chi connectivity index (χ4v) is 2.48. The molecule has 0 aliphatic rings. The Bertz CT molecular complexity index is 572. The Morgan fingerprint density at radius 1 is 0.810 bits per heavy atom. The SMILES string of the molecule is CC(C)c1ccc(C(C)Nc2ccccc2C(C)O)cc1. The third kappa shape index (κ3) is 3.85. The highest BCUT2D eigenvalue weighted by Crippen LogP contribution is 2.27. The van der Waals surface area contributed by atoms with Crippen LogP contribution in [0.5, 0.6) is 0 Å². The van der Waals surface area contributed by atoms with Crippen LogP contribution in [0.3, 0.4) is 0 Å². The lowest BCUT2D eigenvalue weighted by atomic mass is 9.99. The van der Waals surface area contributed by atoms with Crippen molar-refractivity contribution in [3.8, 4) is 0 Å². The third-order valence-electron chi connectivity index (χ3n) is 3.89. The fraction of sp³-hybridized carbons (Fsp3) is 0.368. The topological polar surface area (TPSA) is 32.3 Å². The van der Waals surface area contributed by atoms with Crippen LogP contribution in [0.4, 0.5) is 5.69 Å². The van der Waals surface area contributed by atoms with E-state index in [1.807, 2.05) is 24.3 Å². The molecule has 2 atom stereocenters. The van der Waals surface area contributed by atoms with Gasteiger partial charge in [-0.25, -0.2) is 0 Å². The summed E-state index contributed by atoms with van der Waals surface area (Å²) in [6, 6.07) is 16.9. The molecule has 0 fully saturated rings.